The van der Waals surface area contributed by atoms with E-state index in [4.69, 9.17) is 27.9 Å². The van der Waals surface area contributed by atoms with E-state index in [1.165, 1.54) is 29.5 Å². The van der Waals surface area contributed by atoms with Gasteiger partial charge in [-0.05, 0) is 36.4 Å². The highest BCUT2D eigenvalue weighted by Crippen LogP contribution is 2.23. The van der Waals surface area contributed by atoms with Gasteiger partial charge in [0.25, 0.3) is 0 Å². The van der Waals surface area contributed by atoms with Crippen LogP contribution in [0.4, 0.5) is 0 Å². The van der Waals surface area contributed by atoms with Gasteiger partial charge in [0.05, 0.1) is 15.2 Å². The van der Waals surface area contributed by atoms with E-state index in [0.29, 0.717) is 10.0 Å². The van der Waals surface area contributed by atoms with Crippen molar-refractivity contribution in [3.63, 3.8) is 0 Å². The summed E-state index contributed by atoms with van der Waals surface area (Å²) in [4.78, 5) is 28.2. The molecule has 7 heteroatoms. The molecule has 3 rings (SSSR count). The van der Waals surface area contributed by atoms with Gasteiger partial charge in [-0.25, -0.2) is 9.78 Å². The zero-order valence-electron chi connectivity index (χ0n) is 12.7. The summed E-state index contributed by atoms with van der Waals surface area (Å²) in [5, 5.41) is 1.33. The van der Waals surface area contributed by atoms with Crippen molar-refractivity contribution in [1.29, 1.82) is 0 Å². The minimum absolute atomic E-state index is 0.221. The van der Waals surface area contributed by atoms with Crippen molar-refractivity contribution in [2.24, 2.45) is 0 Å². The number of halogens is 2. The molecular weight excluding hydrogens is 381 g/mol. The van der Waals surface area contributed by atoms with E-state index in [1.54, 1.807) is 12.1 Å². The maximum absolute atomic E-state index is 12.0. The molecule has 126 valence electrons. The van der Waals surface area contributed by atoms with Gasteiger partial charge >= 0.3 is 5.97 Å². The van der Waals surface area contributed by atoms with Crippen LogP contribution < -0.4 is 0 Å². The van der Waals surface area contributed by atoms with Gasteiger partial charge in [-0.3, -0.25) is 4.79 Å². The smallest absolute Gasteiger partial charge is 0.331 e. The van der Waals surface area contributed by atoms with Gasteiger partial charge in [0, 0.05) is 16.7 Å². The fourth-order valence-electron chi connectivity index (χ4n) is 2.08. The van der Waals surface area contributed by atoms with E-state index in [1.807, 2.05) is 24.3 Å². The lowest BCUT2D eigenvalue weighted by Gasteiger charge is -2.04. The van der Waals surface area contributed by atoms with Crippen LogP contribution in [0.2, 0.25) is 10.0 Å². The molecule has 0 aliphatic carbocycles. The predicted molar refractivity (Wildman–Crippen MR) is 100 cm³/mol. The predicted octanol–water partition coefficient (Wildman–Crippen LogP) is 5.04. The second kappa shape index (κ2) is 7.78. The molecule has 0 amide bonds. The third-order valence-corrected chi connectivity index (χ3v) is 4.80. The summed E-state index contributed by atoms with van der Waals surface area (Å²) in [6.07, 6.45) is 2.81. The second-order valence-electron chi connectivity index (χ2n) is 5.01. The van der Waals surface area contributed by atoms with Crippen LogP contribution in [-0.4, -0.2) is 23.3 Å². The molecular formula is C18H11Cl2NO3S. The minimum atomic E-state index is -0.627. The average molecular weight is 392 g/mol. The SMILES string of the molecule is O=C(/C=C/c1nc2ccccc2s1)OCC(=O)c1ccc(Cl)cc1Cl. The van der Waals surface area contributed by atoms with Gasteiger partial charge in [0.1, 0.15) is 5.01 Å². The molecule has 0 bridgehead atoms. The first-order valence-corrected chi connectivity index (χ1v) is 8.79. The number of thiazole rings is 1. The van der Waals surface area contributed by atoms with Crippen molar-refractivity contribution in [2.45, 2.75) is 0 Å². The van der Waals surface area contributed by atoms with E-state index in [2.05, 4.69) is 4.98 Å². The maximum Gasteiger partial charge on any atom is 0.331 e. The number of rotatable bonds is 5. The number of nitrogens with zero attached hydrogens (tertiary/aromatic N) is 1. The topological polar surface area (TPSA) is 56.3 Å². The standard InChI is InChI=1S/C18H11Cl2NO3S/c19-11-5-6-12(13(20)9-11)15(22)10-24-18(23)8-7-17-21-14-3-1-2-4-16(14)25-17/h1-9H,10H2/b8-7+. The summed E-state index contributed by atoms with van der Waals surface area (Å²) in [7, 11) is 0. The lowest BCUT2D eigenvalue weighted by Crippen LogP contribution is -2.13. The van der Waals surface area contributed by atoms with Crippen LogP contribution in [0, 0.1) is 0 Å². The molecule has 0 unspecified atom stereocenters. The Balaban J connectivity index is 1.59. The Bertz CT molecular complexity index is 948. The van der Waals surface area contributed by atoms with Crippen LogP contribution in [0.15, 0.2) is 48.5 Å². The van der Waals surface area contributed by atoms with Crippen molar-refractivity contribution in [3.05, 3.63) is 69.2 Å². The Kier molecular flexibility index (Phi) is 5.48. The molecule has 0 aliphatic heterocycles. The number of aromatic nitrogens is 1. The minimum Gasteiger partial charge on any atom is -0.454 e. The Morgan fingerprint density at radius 3 is 2.72 bits per heavy atom. The Hall–Kier alpha value is -2.21. The molecule has 0 aliphatic rings. The fraction of sp³-hybridized carbons (Fsp3) is 0.0556. The van der Waals surface area contributed by atoms with Crippen molar-refractivity contribution in [1.82, 2.24) is 4.98 Å². The summed E-state index contributed by atoms with van der Waals surface area (Å²) in [5.41, 5.74) is 1.13. The quantitative estimate of drug-likeness (QED) is 0.347. The van der Waals surface area contributed by atoms with Crippen LogP contribution in [-0.2, 0) is 9.53 Å². The molecule has 0 atom stereocenters. The number of ketones is 1. The maximum atomic E-state index is 12.0. The van der Waals surface area contributed by atoms with E-state index < -0.39 is 18.4 Å². The van der Waals surface area contributed by atoms with E-state index >= 15 is 0 Å². The van der Waals surface area contributed by atoms with Gasteiger partial charge in [-0.2, -0.15) is 0 Å². The molecule has 3 aromatic rings. The van der Waals surface area contributed by atoms with E-state index in [9.17, 15) is 9.59 Å². The third kappa shape index (κ3) is 4.45. The molecule has 4 nitrogen and oxygen atoms in total. The largest absolute Gasteiger partial charge is 0.454 e. The Morgan fingerprint density at radius 1 is 1.16 bits per heavy atom. The summed E-state index contributed by atoms with van der Waals surface area (Å²) < 4.78 is 5.98. The van der Waals surface area contributed by atoms with Crippen molar-refractivity contribution in [2.75, 3.05) is 6.61 Å². The number of hydrogen-bond acceptors (Lipinski definition) is 5. The Labute approximate surface area is 157 Å². The summed E-state index contributed by atoms with van der Waals surface area (Å²) in [6.45, 7) is -0.398. The number of para-hydroxylation sites is 1. The summed E-state index contributed by atoms with van der Waals surface area (Å²) in [6, 6.07) is 12.2. The highest BCUT2D eigenvalue weighted by Gasteiger charge is 2.12. The number of Topliss-reactive ketones (excluding diaryl/α,β-unsaturated/α-hetero) is 1. The Morgan fingerprint density at radius 2 is 1.96 bits per heavy atom. The first-order chi connectivity index (χ1) is 12.0. The van der Waals surface area contributed by atoms with Crippen molar-refractivity contribution < 1.29 is 14.3 Å². The first kappa shape index (κ1) is 17.6. The lowest BCUT2D eigenvalue weighted by atomic mass is 10.1. The molecule has 0 saturated carbocycles. The summed E-state index contributed by atoms with van der Waals surface area (Å²) >= 11 is 13.2. The van der Waals surface area contributed by atoms with Gasteiger partial charge in [0.15, 0.2) is 6.61 Å². The van der Waals surface area contributed by atoms with Crippen LogP contribution in [0.1, 0.15) is 15.4 Å². The molecule has 0 fully saturated rings. The van der Waals surface area contributed by atoms with Gasteiger partial charge in [0.2, 0.25) is 5.78 Å². The highest BCUT2D eigenvalue weighted by atomic mass is 35.5. The van der Waals surface area contributed by atoms with Crippen molar-refractivity contribution in [3.8, 4) is 0 Å². The average Bonchev–Trinajstić information content (AvgIpc) is 3.01. The zero-order valence-corrected chi connectivity index (χ0v) is 15.1. The fourth-order valence-corrected chi connectivity index (χ4v) is 3.46. The van der Waals surface area contributed by atoms with E-state index in [-0.39, 0.29) is 10.6 Å². The number of hydrogen-bond donors (Lipinski definition) is 0. The molecule has 2 aromatic carbocycles. The van der Waals surface area contributed by atoms with Crippen LogP contribution in [0.5, 0.6) is 0 Å². The number of benzene rings is 2. The number of carbonyl (C=O) groups excluding carboxylic acids is 2. The van der Waals surface area contributed by atoms with Crippen molar-refractivity contribution >= 4 is 62.6 Å². The number of ether oxygens (including phenoxy) is 1. The van der Waals surface area contributed by atoms with Gasteiger partial charge in [-0.15, -0.1) is 11.3 Å². The van der Waals surface area contributed by atoms with E-state index in [0.717, 1.165) is 10.2 Å². The molecule has 0 saturated heterocycles. The molecule has 1 aromatic heterocycles. The summed E-state index contributed by atoms with van der Waals surface area (Å²) in [5.74, 6) is -1.03. The molecule has 0 spiro atoms. The number of carbonyl (C=O) groups is 2. The number of esters is 1. The lowest BCUT2D eigenvalue weighted by molar-refractivity contribution is -0.136. The molecule has 1 heterocycles. The van der Waals surface area contributed by atoms with Gasteiger partial charge < -0.3 is 4.74 Å². The normalized spacial score (nSPS) is 11.1. The van der Waals surface area contributed by atoms with Gasteiger partial charge in [-0.1, -0.05) is 35.3 Å². The first-order valence-electron chi connectivity index (χ1n) is 7.21. The zero-order chi connectivity index (χ0) is 17.8. The molecule has 0 radical (unpaired) electrons. The monoisotopic (exact) mass is 391 g/mol. The molecule has 25 heavy (non-hydrogen) atoms. The van der Waals surface area contributed by atoms with Crippen LogP contribution in [0.25, 0.3) is 16.3 Å². The third-order valence-electron chi connectivity index (χ3n) is 3.25. The second-order valence-corrected chi connectivity index (χ2v) is 6.91. The molecule has 0 N–H and O–H groups in total. The number of fused-ring (bicyclic) bond motifs is 1. The van der Waals surface area contributed by atoms with Crippen LogP contribution >= 0.6 is 34.5 Å². The highest BCUT2D eigenvalue weighted by molar-refractivity contribution is 7.19. The van der Waals surface area contributed by atoms with Crippen LogP contribution in [0.3, 0.4) is 0 Å².